The number of aryl methyl sites for hydroxylation is 1. The summed E-state index contributed by atoms with van der Waals surface area (Å²) in [5, 5.41) is 4.64. The van der Waals surface area contributed by atoms with Crippen molar-refractivity contribution in [3.8, 4) is 11.4 Å². The average Bonchev–Trinajstić information content (AvgIpc) is 3.07. The van der Waals surface area contributed by atoms with Crippen LogP contribution in [0.3, 0.4) is 0 Å². The molecule has 0 aliphatic carbocycles. The molecule has 1 fully saturated rings. The van der Waals surface area contributed by atoms with Crippen LogP contribution in [-0.2, 0) is 6.54 Å². The smallest absolute Gasteiger partial charge is 0.223 e. The summed E-state index contributed by atoms with van der Waals surface area (Å²) in [6, 6.07) is 9.26. The highest BCUT2D eigenvalue weighted by molar-refractivity contribution is 5.57. The lowest BCUT2D eigenvalue weighted by molar-refractivity contribution is 0.175. The molecular weight excluding hydrogens is 298 g/mol. The molecule has 130 valence electrons. The third-order valence-corrected chi connectivity index (χ3v) is 4.94. The molecule has 5 nitrogen and oxygen atoms in total. The first kappa shape index (κ1) is 17.0. The summed E-state index contributed by atoms with van der Waals surface area (Å²) in [5.41, 5.74) is 2.46. The molecule has 1 aromatic carbocycles. The Hall–Kier alpha value is -1.88. The monoisotopic (exact) mass is 327 g/mol. The first-order chi connectivity index (χ1) is 11.6. The third-order valence-electron chi connectivity index (χ3n) is 4.94. The normalized spacial score (nSPS) is 17.0. The number of hydrogen-bond donors (Lipinski definition) is 0. The number of anilines is 1. The summed E-state index contributed by atoms with van der Waals surface area (Å²) in [7, 11) is 4.01. The lowest BCUT2D eigenvalue weighted by Crippen LogP contribution is -2.32. The van der Waals surface area contributed by atoms with Gasteiger partial charge in [0.1, 0.15) is 0 Å². The van der Waals surface area contributed by atoms with Gasteiger partial charge in [0.05, 0.1) is 0 Å². The van der Waals surface area contributed by atoms with E-state index in [2.05, 4.69) is 53.1 Å². The van der Waals surface area contributed by atoms with Crippen LogP contribution in [-0.4, -0.2) is 46.8 Å². The van der Waals surface area contributed by atoms with Crippen LogP contribution in [0.2, 0.25) is 0 Å². The quantitative estimate of drug-likeness (QED) is 0.841. The van der Waals surface area contributed by atoms with Gasteiger partial charge in [-0.3, -0.25) is 4.90 Å². The van der Waals surface area contributed by atoms with Gasteiger partial charge in [-0.05, 0) is 45.3 Å². The van der Waals surface area contributed by atoms with Crippen molar-refractivity contribution in [3.05, 3.63) is 29.8 Å². The Labute approximate surface area is 145 Å². The van der Waals surface area contributed by atoms with Gasteiger partial charge in [-0.2, -0.15) is 4.98 Å². The molecule has 1 saturated heterocycles. The summed E-state index contributed by atoms with van der Waals surface area (Å²) in [5.74, 6) is 1.70. The maximum absolute atomic E-state index is 4.68. The van der Waals surface area contributed by atoms with Crippen molar-refractivity contribution in [2.45, 2.75) is 45.7 Å². The Morgan fingerprint density at radius 3 is 2.29 bits per heavy atom. The molecule has 0 saturated carbocycles. The first-order valence-corrected chi connectivity index (χ1v) is 9.06. The number of rotatable bonds is 5. The van der Waals surface area contributed by atoms with Crippen LogP contribution in [0.25, 0.3) is 11.4 Å². The van der Waals surface area contributed by atoms with E-state index < -0.39 is 0 Å². The standard InChI is InChI=1S/C19H29N5/c1-5-24-19(22(3)4)20-18(21-24)17-11-9-16(10-12-17)15(2)23-13-7-6-8-14-23/h9-12,15H,5-8,13-14H2,1-4H3. The van der Waals surface area contributed by atoms with E-state index in [1.807, 2.05) is 23.7 Å². The minimum absolute atomic E-state index is 0.484. The molecular formula is C19H29N5. The van der Waals surface area contributed by atoms with E-state index in [9.17, 15) is 0 Å². The Morgan fingerprint density at radius 1 is 1.08 bits per heavy atom. The Kier molecular flexibility index (Phi) is 5.19. The molecule has 0 bridgehead atoms. The van der Waals surface area contributed by atoms with Crippen molar-refractivity contribution in [2.24, 2.45) is 0 Å². The molecule has 5 heteroatoms. The Morgan fingerprint density at radius 2 is 1.75 bits per heavy atom. The minimum atomic E-state index is 0.484. The van der Waals surface area contributed by atoms with Gasteiger partial charge in [-0.1, -0.05) is 30.7 Å². The van der Waals surface area contributed by atoms with Gasteiger partial charge in [0.25, 0.3) is 0 Å². The number of likely N-dealkylation sites (tertiary alicyclic amines) is 1. The molecule has 1 aliphatic rings. The second-order valence-electron chi connectivity index (χ2n) is 6.84. The average molecular weight is 327 g/mol. The van der Waals surface area contributed by atoms with Crippen LogP contribution in [0, 0.1) is 0 Å². The zero-order chi connectivity index (χ0) is 17.1. The van der Waals surface area contributed by atoms with Crippen LogP contribution in [0.1, 0.15) is 44.7 Å². The number of piperidine rings is 1. The van der Waals surface area contributed by atoms with Crippen molar-refractivity contribution in [2.75, 3.05) is 32.1 Å². The molecule has 0 radical (unpaired) electrons. The number of aromatic nitrogens is 3. The van der Waals surface area contributed by atoms with Gasteiger partial charge >= 0.3 is 0 Å². The molecule has 1 aromatic heterocycles. The van der Waals surface area contributed by atoms with E-state index in [0.29, 0.717) is 6.04 Å². The highest BCUT2D eigenvalue weighted by atomic mass is 15.4. The van der Waals surface area contributed by atoms with E-state index in [1.165, 1.54) is 37.9 Å². The number of benzene rings is 1. The summed E-state index contributed by atoms with van der Waals surface area (Å²) < 4.78 is 1.94. The SMILES string of the molecule is CCn1nc(-c2ccc(C(C)N3CCCCC3)cc2)nc1N(C)C. The Balaban J connectivity index is 1.79. The lowest BCUT2D eigenvalue weighted by Gasteiger charge is -2.32. The van der Waals surface area contributed by atoms with E-state index in [1.54, 1.807) is 0 Å². The number of hydrogen-bond acceptors (Lipinski definition) is 4. The highest BCUT2D eigenvalue weighted by Gasteiger charge is 2.18. The van der Waals surface area contributed by atoms with Crippen molar-refractivity contribution in [1.29, 1.82) is 0 Å². The molecule has 0 amide bonds. The van der Waals surface area contributed by atoms with Crippen LogP contribution >= 0.6 is 0 Å². The van der Waals surface area contributed by atoms with Gasteiger partial charge in [0.2, 0.25) is 5.95 Å². The molecule has 0 spiro atoms. The molecule has 24 heavy (non-hydrogen) atoms. The molecule has 1 unspecified atom stereocenters. The summed E-state index contributed by atoms with van der Waals surface area (Å²) >= 11 is 0. The van der Waals surface area contributed by atoms with E-state index in [0.717, 1.165) is 23.9 Å². The molecule has 1 aliphatic heterocycles. The summed E-state index contributed by atoms with van der Waals surface area (Å²) in [6.45, 7) is 7.67. The zero-order valence-electron chi connectivity index (χ0n) is 15.4. The minimum Gasteiger partial charge on any atom is -0.347 e. The van der Waals surface area contributed by atoms with Crippen molar-refractivity contribution in [3.63, 3.8) is 0 Å². The van der Waals surface area contributed by atoms with Gasteiger partial charge < -0.3 is 4.90 Å². The fourth-order valence-corrected chi connectivity index (χ4v) is 3.43. The Bertz CT molecular complexity index is 653. The number of nitrogens with zero attached hydrogens (tertiary/aromatic N) is 5. The molecule has 2 heterocycles. The maximum atomic E-state index is 4.68. The fraction of sp³-hybridized carbons (Fsp3) is 0.579. The second kappa shape index (κ2) is 7.34. The van der Waals surface area contributed by atoms with Crippen LogP contribution in [0.5, 0.6) is 0 Å². The van der Waals surface area contributed by atoms with Gasteiger partial charge in [0, 0.05) is 32.2 Å². The van der Waals surface area contributed by atoms with Crippen molar-refractivity contribution < 1.29 is 0 Å². The van der Waals surface area contributed by atoms with E-state index >= 15 is 0 Å². The van der Waals surface area contributed by atoms with Gasteiger partial charge in [0.15, 0.2) is 5.82 Å². The first-order valence-electron chi connectivity index (χ1n) is 9.06. The van der Waals surface area contributed by atoms with Crippen LogP contribution in [0.4, 0.5) is 5.95 Å². The molecule has 0 N–H and O–H groups in total. The van der Waals surface area contributed by atoms with Crippen LogP contribution < -0.4 is 4.90 Å². The lowest BCUT2D eigenvalue weighted by atomic mass is 10.0. The maximum Gasteiger partial charge on any atom is 0.223 e. The van der Waals surface area contributed by atoms with Crippen molar-refractivity contribution in [1.82, 2.24) is 19.7 Å². The van der Waals surface area contributed by atoms with Crippen molar-refractivity contribution >= 4 is 5.95 Å². The van der Waals surface area contributed by atoms with Crippen LogP contribution in [0.15, 0.2) is 24.3 Å². The fourth-order valence-electron chi connectivity index (χ4n) is 3.43. The summed E-state index contributed by atoms with van der Waals surface area (Å²) in [4.78, 5) is 9.28. The second-order valence-corrected chi connectivity index (χ2v) is 6.84. The highest BCUT2D eigenvalue weighted by Crippen LogP contribution is 2.26. The molecule has 3 rings (SSSR count). The third kappa shape index (κ3) is 3.46. The largest absolute Gasteiger partial charge is 0.347 e. The predicted molar refractivity (Wildman–Crippen MR) is 99.3 cm³/mol. The van der Waals surface area contributed by atoms with Gasteiger partial charge in [-0.15, -0.1) is 5.10 Å². The predicted octanol–water partition coefficient (Wildman–Crippen LogP) is 3.58. The molecule has 1 atom stereocenters. The van der Waals surface area contributed by atoms with E-state index in [4.69, 9.17) is 0 Å². The zero-order valence-corrected chi connectivity index (χ0v) is 15.4. The van der Waals surface area contributed by atoms with E-state index in [-0.39, 0.29) is 0 Å². The molecule has 2 aromatic rings. The summed E-state index contributed by atoms with van der Waals surface area (Å²) in [6.07, 6.45) is 4.03. The topological polar surface area (TPSA) is 37.2 Å². The van der Waals surface area contributed by atoms with Gasteiger partial charge in [-0.25, -0.2) is 4.68 Å².